The Morgan fingerprint density at radius 3 is 2.46 bits per heavy atom. The van der Waals surface area contributed by atoms with Crippen LogP contribution < -0.4 is 14.9 Å². The second-order valence-corrected chi connectivity index (χ2v) is 8.34. The normalized spacial score (nSPS) is 14.1. The lowest BCUT2D eigenvalue weighted by molar-refractivity contribution is -0.140. The molecule has 9 heteroatoms. The van der Waals surface area contributed by atoms with Crippen LogP contribution in [0.3, 0.4) is 0 Å². The van der Waals surface area contributed by atoms with E-state index >= 15 is 0 Å². The SMILES string of the molecule is COC(=O)C[C@@H](c1ccncc1)c1oc(CN2CCc3cc(OC)c(OC)cc3C2)cc(=O)c1O. The molecule has 3 heterocycles. The average molecular weight is 481 g/mol. The molecule has 0 amide bonds. The summed E-state index contributed by atoms with van der Waals surface area (Å²) < 4.78 is 21.7. The second-order valence-electron chi connectivity index (χ2n) is 8.34. The Balaban J connectivity index is 1.63. The number of pyridine rings is 1. The maximum Gasteiger partial charge on any atom is 0.306 e. The minimum absolute atomic E-state index is 0.0351. The highest BCUT2D eigenvalue weighted by atomic mass is 16.5. The molecule has 0 spiro atoms. The summed E-state index contributed by atoms with van der Waals surface area (Å²) in [6.07, 6.45) is 3.85. The third kappa shape index (κ3) is 5.30. The summed E-state index contributed by atoms with van der Waals surface area (Å²) in [5, 5.41) is 10.6. The highest BCUT2D eigenvalue weighted by Crippen LogP contribution is 2.35. The number of methoxy groups -OCH3 is 3. The van der Waals surface area contributed by atoms with Crippen molar-refractivity contribution in [3.8, 4) is 17.2 Å². The van der Waals surface area contributed by atoms with Gasteiger partial charge in [-0.05, 0) is 47.4 Å². The van der Waals surface area contributed by atoms with Crippen LogP contribution >= 0.6 is 0 Å². The molecule has 1 N–H and O–H groups in total. The zero-order chi connectivity index (χ0) is 24.9. The van der Waals surface area contributed by atoms with Gasteiger partial charge in [0.15, 0.2) is 17.3 Å². The van der Waals surface area contributed by atoms with E-state index in [9.17, 15) is 14.7 Å². The summed E-state index contributed by atoms with van der Waals surface area (Å²) >= 11 is 0. The molecule has 35 heavy (non-hydrogen) atoms. The van der Waals surface area contributed by atoms with E-state index in [0.29, 0.717) is 35.9 Å². The van der Waals surface area contributed by atoms with Crippen LogP contribution in [-0.2, 0) is 29.0 Å². The van der Waals surface area contributed by atoms with E-state index < -0.39 is 23.1 Å². The molecule has 0 bridgehead atoms. The number of nitrogens with zero attached hydrogens (tertiary/aromatic N) is 2. The van der Waals surface area contributed by atoms with Gasteiger partial charge in [-0.15, -0.1) is 0 Å². The molecule has 184 valence electrons. The smallest absolute Gasteiger partial charge is 0.306 e. The van der Waals surface area contributed by atoms with Gasteiger partial charge >= 0.3 is 5.97 Å². The molecule has 0 unspecified atom stereocenters. The number of hydrogen-bond donors (Lipinski definition) is 1. The zero-order valence-corrected chi connectivity index (χ0v) is 19.9. The topological polar surface area (TPSA) is 111 Å². The van der Waals surface area contributed by atoms with Crippen molar-refractivity contribution >= 4 is 5.97 Å². The van der Waals surface area contributed by atoms with Gasteiger partial charge in [-0.25, -0.2) is 0 Å². The van der Waals surface area contributed by atoms with E-state index in [2.05, 4.69) is 9.88 Å². The lowest BCUT2D eigenvalue weighted by Gasteiger charge is -2.29. The van der Waals surface area contributed by atoms with Gasteiger partial charge in [-0.1, -0.05) is 0 Å². The highest BCUT2D eigenvalue weighted by Gasteiger charge is 2.27. The van der Waals surface area contributed by atoms with Gasteiger partial charge in [0.1, 0.15) is 5.76 Å². The number of carbonyl (C=O) groups is 1. The molecule has 2 aromatic heterocycles. The predicted molar refractivity (Wildman–Crippen MR) is 127 cm³/mol. The molecule has 0 aliphatic carbocycles. The van der Waals surface area contributed by atoms with Crippen LogP contribution in [-0.4, -0.2) is 48.8 Å². The van der Waals surface area contributed by atoms with Gasteiger partial charge in [0.25, 0.3) is 0 Å². The molecule has 1 aromatic carbocycles. The van der Waals surface area contributed by atoms with Crippen LogP contribution in [0.1, 0.15) is 40.5 Å². The van der Waals surface area contributed by atoms with E-state index in [1.54, 1.807) is 38.7 Å². The standard InChI is InChI=1S/C26H28N2O7/c1-32-22-10-17-6-9-28(14-18(17)11-23(22)33-2)15-19-12-21(29)25(31)26(35-19)20(13-24(30)34-3)16-4-7-27-8-5-16/h4-5,7-8,10-12,20,31H,6,9,13-15H2,1-3H3/t20-/m0/s1. The fourth-order valence-electron chi connectivity index (χ4n) is 4.37. The van der Waals surface area contributed by atoms with Crippen molar-refractivity contribution in [3.63, 3.8) is 0 Å². The van der Waals surface area contributed by atoms with E-state index in [1.807, 2.05) is 12.1 Å². The van der Waals surface area contributed by atoms with Crippen molar-refractivity contribution < 1.29 is 28.5 Å². The Morgan fingerprint density at radius 2 is 1.80 bits per heavy atom. The molecule has 0 saturated heterocycles. The molecule has 0 saturated carbocycles. The van der Waals surface area contributed by atoms with Gasteiger partial charge in [0, 0.05) is 31.5 Å². The number of aromatic hydroxyl groups is 1. The number of benzene rings is 1. The fraction of sp³-hybridized carbons (Fsp3) is 0.346. The first-order valence-corrected chi connectivity index (χ1v) is 11.2. The summed E-state index contributed by atoms with van der Waals surface area (Å²) in [5.74, 6) is 0.0909. The zero-order valence-electron chi connectivity index (χ0n) is 19.9. The summed E-state index contributed by atoms with van der Waals surface area (Å²) in [6, 6.07) is 8.68. The van der Waals surface area contributed by atoms with E-state index in [1.165, 1.54) is 18.7 Å². The van der Waals surface area contributed by atoms with Gasteiger partial charge in [0.2, 0.25) is 11.2 Å². The van der Waals surface area contributed by atoms with Crippen LogP contribution in [0.5, 0.6) is 17.2 Å². The predicted octanol–water partition coefficient (Wildman–Crippen LogP) is 3.01. The molecular weight excluding hydrogens is 452 g/mol. The maximum absolute atomic E-state index is 12.7. The molecule has 1 aliphatic rings. The molecule has 1 aliphatic heterocycles. The van der Waals surface area contributed by atoms with Crippen molar-refractivity contribution in [2.75, 3.05) is 27.9 Å². The second kappa shape index (κ2) is 10.6. The number of carbonyl (C=O) groups excluding carboxylic acids is 1. The fourth-order valence-corrected chi connectivity index (χ4v) is 4.37. The third-order valence-electron chi connectivity index (χ3n) is 6.20. The summed E-state index contributed by atoms with van der Waals surface area (Å²) in [4.78, 5) is 30.9. The monoisotopic (exact) mass is 480 g/mol. The molecule has 0 fully saturated rings. The number of ether oxygens (including phenoxy) is 3. The van der Waals surface area contributed by atoms with Crippen LogP contribution in [0.25, 0.3) is 0 Å². The first-order valence-electron chi connectivity index (χ1n) is 11.2. The van der Waals surface area contributed by atoms with E-state index in [-0.39, 0.29) is 12.2 Å². The molecule has 1 atom stereocenters. The summed E-state index contributed by atoms with van der Waals surface area (Å²) in [5.41, 5.74) is 2.40. The van der Waals surface area contributed by atoms with Crippen molar-refractivity contribution in [1.29, 1.82) is 0 Å². The minimum Gasteiger partial charge on any atom is -0.502 e. The minimum atomic E-state index is -0.697. The lowest BCUT2D eigenvalue weighted by atomic mass is 9.93. The summed E-state index contributed by atoms with van der Waals surface area (Å²) in [6.45, 7) is 1.74. The van der Waals surface area contributed by atoms with Crippen LogP contribution in [0.2, 0.25) is 0 Å². The van der Waals surface area contributed by atoms with Crippen molar-refractivity contribution in [2.24, 2.45) is 0 Å². The molecule has 4 rings (SSSR count). The molecule has 3 aromatic rings. The number of rotatable bonds is 8. The molecular formula is C26H28N2O7. The van der Waals surface area contributed by atoms with Crippen molar-refractivity contribution in [1.82, 2.24) is 9.88 Å². The van der Waals surface area contributed by atoms with E-state index in [0.717, 1.165) is 18.5 Å². The maximum atomic E-state index is 12.7. The Bertz CT molecular complexity index is 1260. The van der Waals surface area contributed by atoms with Crippen LogP contribution in [0, 0.1) is 0 Å². The molecule has 9 nitrogen and oxygen atoms in total. The first-order chi connectivity index (χ1) is 16.9. The van der Waals surface area contributed by atoms with Gasteiger partial charge in [-0.2, -0.15) is 0 Å². The Kier molecular flexibility index (Phi) is 7.36. The number of esters is 1. The van der Waals surface area contributed by atoms with Gasteiger partial charge < -0.3 is 23.7 Å². The van der Waals surface area contributed by atoms with Crippen molar-refractivity contribution in [2.45, 2.75) is 31.8 Å². The van der Waals surface area contributed by atoms with Crippen LogP contribution in [0.15, 0.2) is 51.9 Å². The van der Waals surface area contributed by atoms with E-state index in [4.69, 9.17) is 18.6 Å². The number of aromatic nitrogens is 1. The Morgan fingerprint density at radius 1 is 1.11 bits per heavy atom. The van der Waals surface area contributed by atoms with Gasteiger partial charge in [-0.3, -0.25) is 19.5 Å². The largest absolute Gasteiger partial charge is 0.502 e. The number of hydrogen-bond acceptors (Lipinski definition) is 9. The Labute approximate surface area is 202 Å². The Hall–Kier alpha value is -3.85. The van der Waals surface area contributed by atoms with Crippen LogP contribution in [0.4, 0.5) is 0 Å². The van der Waals surface area contributed by atoms with Crippen molar-refractivity contribution in [3.05, 3.63) is 81.2 Å². The quantitative estimate of drug-likeness (QED) is 0.486. The number of fused-ring (bicyclic) bond motifs is 1. The lowest BCUT2D eigenvalue weighted by Crippen LogP contribution is -2.30. The average Bonchev–Trinajstić information content (AvgIpc) is 2.88. The van der Waals surface area contributed by atoms with Gasteiger partial charge in [0.05, 0.1) is 40.2 Å². The summed E-state index contributed by atoms with van der Waals surface area (Å²) in [7, 11) is 4.51. The third-order valence-corrected chi connectivity index (χ3v) is 6.20. The highest BCUT2D eigenvalue weighted by molar-refractivity contribution is 5.71. The first kappa shape index (κ1) is 24.3. The molecule has 0 radical (unpaired) electrons.